The number of hydrogen-bond acceptors (Lipinski definition) is 3. The van der Waals surface area contributed by atoms with Gasteiger partial charge in [0.25, 0.3) is 0 Å². The number of aryl methyl sites for hydroxylation is 1. The lowest BCUT2D eigenvalue weighted by Gasteiger charge is -2.20. The molecule has 0 spiro atoms. The molecule has 1 aliphatic rings. The van der Waals surface area contributed by atoms with Crippen molar-refractivity contribution >= 4 is 11.7 Å². The zero-order valence-electron chi connectivity index (χ0n) is 10.9. The Hall–Kier alpha value is -1.42. The first-order chi connectivity index (χ1) is 8.77. The number of rotatable bonds is 2. The molecule has 0 radical (unpaired) electrons. The number of carbonyl (C=O) groups excluding carboxylic acids is 1. The Kier molecular flexibility index (Phi) is 4.70. The highest BCUT2D eigenvalue weighted by Crippen LogP contribution is 2.13. The molecule has 4 heteroatoms. The van der Waals surface area contributed by atoms with Crippen molar-refractivity contribution in [1.82, 2.24) is 10.3 Å². The molecule has 1 unspecified atom stereocenters. The third-order valence-corrected chi connectivity index (χ3v) is 3.38. The first-order valence-corrected chi connectivity index (χ1v) is 6.73. The fourth-order valence-corrected chi connectivity index (χ4v) is 2.25. The number of pyridine rings is 1. The van der Waals surface area contributed by atoms with Crippen LogP contribution in [0, 0.1) is 6.92 Å². The first kappa shape index (κ1) is 13.0. The lowest BCUT2D eigenvalue weighted by atomic mass is 10.0. The van der Waals surface area contributed by atoms with Crippen LogP contribution in [0.1, 0.15) is 37.7 Å². The third-order valence-electron chi connectivity index (χ3n) is 3.38. The van der Waals surface area contributed by atoms with Crippen molar-refractivity contribution in [3.05, 3.63) is 23.9 Å². The first-order valence-electron chi connectivity index (χ1n) is 6.73. The number of hydrogen-bond donors (Lipinski definition) is 2. The molecule has 0 saturated carbocycles. The number of anilines is 1. The predicted molar refractivity (Wildman–Crippen MR) is 72.5 cm³/mol. The van der Waals surface area contributed by atoms with Crippen LogP contribution in [0.5, 0.6) is 0 Å². The summed E-state index contributed by atoms with van der Waals surface area (Å²) in [6, 6.07) is 3.75. The average molecular weight is 247 g/mol. The summed E-state index contributed by atoms with van der Waals surface area (Å²) in [5.74, 6) is 0.713. The molecule has 1 aromatic heterocycles. The molecule has 2 heterocycles. The van der Waals surface area contributed by atoms with Crippen molar-refractivity contribution in [2.45, 2.75) is 45.1 Å². The van der Waals surface area contributed by atoms with Crippen LogP contribution < -0.4 is 10.6 Å². The largest absolute Gasteiger partial charge is 0.309 e. The third kappa shape index (κ3) is 3.53. The lowest BCUT2D eigenvalue weighted by molar-refractivity contribution is -0.118. The summed E-state index contributed by atoms with van der Waals surface area (Å²) >= 11 is 0. The summed E-state index contributed by atoms with van der Waals surface area (Å²) in [6.07, 6.45) is 7.39. The summed E-state index contributed by atoms with van der Waals surface area (Å²) in [5.41, 5.74) is 0.997. The van der Waals surface area contributed by atoms with Gasteiger partial charge in [0.05, 0.1) is 6.04 Å². The van der Waals surface area contributed by atoms with E-state index in [2.05, 4.69) is 15.6 Å². The van der Waals surface area contributed by atoms with E-state index in [4.69, 9.17) is 0 Å². The summed E-state index contributed by atoms with van der Waals surface area (Å²) < 4.78 is 0. The molecule has 1 atom stereocenters. The van der Waals surface area contributed by atoms with Crippen LogP contribution in [0.25, 0.3) is 0 Å². The molecular weight excluding hydrogens is 226 g/mol. The molecule has 98 valence electrons. The van der Waals surface area contributed by atoms with Gasteiger partial charge in [-0.2, -0.15) is 0 Å². The second kappa shape index (κ2) is 6.50. The normalized spacial score (nSPS) is 20.8. The van der Waals surface area contributed by atoms with Crippen molar-refractivity contribution < 1.29 is 4.79 Å². The highest BCUT2D eigenvalue weighted by molar-refractivity contribution is 5.94. The maximum Gasteiger partial charge on any atom is 0.242 e. The van der Waals surface area contributed by atoms with E-state index in [-0.39, 0.29) is 11.9 Å². The molecule has 1 saturated heterocycles. The van der Waals surface area contributed by atoms with Gasteiger partial charge in [0.2, 0.25) is 5.91 Å². The van der Waals surface area contributed by atoms with Crippen molar-refractivity contribution in [1.29, 1.82) is 0 Å². The quantitative estimate of drug-likeness (QED) is 0.842. The summed E-state index contributed by atoms with van der Waals surface area (Å²) in [7, 11) is 0. The van der Waals surface area contributed by atoms with Crippen LogP contribution in [-0.4, -0.2) is 23.5 Å². The second-order valence-corrected chi connectivity index (χ2v) is 4.87. The predicted octanol–water partition coefficient (Wildman–Crippen LogP) is 2.25. The Morgan fingerprint density at radius 2 is 2.22 bits per heavy atom. The van der Waals surface area contributed by atoms with Crippen LogP contribution >= 0.6 is 0 Å². The van der Waals surface area contributed by atoms with Gasteiger partial charge in [0, 0.05) is 6.20 Å². The van der Waals surface area contributed by atoms with Crippen molar-refractivity contribution in [2.24, 2.45) is 0 Å². The van der Waals surface area contributed by atoms with Crippen LogP contribution in [-0.2, 0) is 4.79 Å². The van der Waals surface area contributed by atoms with Crippen LogP contribution in [0.15, 0.2) is 18.3 Å². The molecule has 1 fully saturated rings. The highest BCUT2D eigenvalue weighted by Gasteiger charge is 2.19. The monoisotopic (exact) mass is 247 g/mol. The van der Waals surface area contributed by atoms with E-state index < -0.39 is 0 Å². The van der Waals surface area contributed by atoms with E-state index in [9.17, 15) is 4.79 Å². The molecule has 1 aliphatic heterocycles. The molecule has 4 nitrogen and oxygen atoms in total. The number of aromatic nitrogens is 1. The second-order valence-electron chi connectivity index (χ2n) is 4.87. The van der Waals surface area contributed by atoms with E-state index in [0.717, 1.165) is 31.4 Å². The Balaban J connectivity index is 1.96. The minimum Gasteiger partial charge on any atom is -0.309 e. The van der Waals surface area contributed by atoms with Gasteiger partial charge in [-0.1, -0.05) is 25.3 Å². The molecule has 1 amide bonds. The molecule has 2 rings (SSSR count). The van der Waals surface area contributed by atoms with Crippen LogP contribution in [0.4, 0.5) is 5.82 Å². The van der Waals surface area contributed by atoms with Gasteiger partial charge in [0.1, 0.15) is 5.82 Å². The fourth-order valence-electron chi connectivity index (χ4n) is 2.25. The highest BCUT2D eigenvalue weighted by atomic mass is 16.2. The van der Waals surface area contributed by atoms with Crippen molar-refractivity contribution in [3.63, 3.8) is 0 Å². The Labute approximate surface area is 108 Å². The van der Waals surface area contributed by atoms with E-state index in [0.29, 0.717) is 5.82 Å². The summed E-state index contributed by atoms with van der Waals surface area (Å²) in [6.45, 7) is 2.88. The molecule has 18 heavy (non-hydrogen) atoms. The Bertz CT molecular complexity index is 398. The van der Waals surface area contributed by atoms with E-state index >= 15 is 0 Å². The van der Waals surface area contributed by atoms with Crippen LogP contribution in [0.3, 0.4) is 0 Å². The molecule has 0 aliphatic carbocycles. The van der Waals surface area contributed by atoms with Crippen molar-refractivity contribution in [2.75, 3.05) is 11.9 Å². The fraction of sp³-hybridized carbons (Fsp3) is 0.571. The number of nitrogens with zero attached hydrogens (tertiary/aromatic N) is 1. The van der Waals surface area contributed by atoms with Gasteiger partial charge >= 0.3 is 0 Å². The molecular formula is C14H21N3O. The van der Waals surface area contributed by atoms with Gasteiger partial charge in [-0.25, -0.2) is 4.98 Å². The molecule has 2 N–H and O–H groups in total. The number of amides is 1. The van der Waals surface area contributed by atoms with E-state index in [1.54, 1.807) is 6.20 Å². The minimum atomic E-state index is -0.0771. The van der Waals surface area contributed by atoms with Crippen LogP contribution in [0.2, 0.25) is 0 Å². The SMILES string of the molecule is Cc1cccnc1NC(=O)C1CCCCCCN1. The summed E-state index contributed by atoms with van der Waals surface area (Å²) in [4.78, 5) is 16.4. The Morgan fingerprint density at radius 3 is 3.06 bits per heavy atom. The van der Waals surface area contributed by atoms with Gasteiger partial charge in [-0.05, 0) is 37.9 Å². The smallest absolute Gasteiger partial charge is 0.242 e. The van der Waals surface area contributed by atoms with Gasteiger partial charge < -0.3 is 10.6 Å². The topological polar surface area (TPSA) is 54.0 Å². The lowest BCUT2D eigenvalue weighted by Crippen LogP contribution is -2.41. The van der Waals surface area contributed by atoms with E-state index in [1.807, 2.05) is 19.1 Å². The zero-order chi connectivity index (χ0) is 12.8. The van der Waals surface area contributed by atoms with Gasteiger partial charge in [-0.3, -0.25) is 4.79 Å². The van der Waals surface area contributed by atoms with Gasteiger partial charge in [-0.15, -0.1) is 0 Å². The standard InChI is InChI=1S/C14H21N3O/c1-11-7-6-10-16-13(11)17-14(18)12-8-4-2-3-5-9-15-12/h6-7,10,12,15H,2-5,8-9H2,1H3,(H,16,17,18). The molecule has 0 aromatic carbocycles. The summed E-state index contributed by atoms with van der Waals surface area (Å²) in [5, 5.41) is 6.24. The number of nitrogens with one attached hydrogen (secondary N) is 2. The maximum absolute atomic E-state index is 12.2. The Morgan fingerprint density at radius 1 is 1.39 bits per heavy atom. The molecule has 1 aromatic rings. The average Bonchev–Trinajstić information content (AvgIpc) is 2.31. The van der Waals surface area contributed by atoms with Gasteiger partial charge in [0.15, 0.2) is 0 Å². The minimum absolute atomic E-state index is 0.0405. The van der Waals surface area contributed by atoms with E-state index in [1.165, 1.54) is 12.8 Å². The maximum atomic E-state index is 12.2. The number of carbonyl (C=O) groups is 1. The van der Waals surface area contributed by atoms with Crippen molar-refractivity contribution in [3.8, 4) is 0 Å². The zero-order valence-corrected chi connectivity index (χ0v) is 10.9. The molecule has 0 bridgehead atoms.